The molecule has 3 rings (SSSR count). The van der Waals surface area contributed by atoms with E-state index in [0.29, 0.717) is 5.56 Å². The zero-order valence-electron chi connectivity index (χ0n) is 13.0. The monoisotopic (exact) mass is 322 g/mol. The Bertz CT molecular complexity index is 833. The number of benzene rings is 2. The van der Waals surface area contributed by atoms with Crippen LogP contribution >= 0.6 is 11.3 Å². The second kappa shape index (κ2) is 6.90. The lowest BCUT2D eigenvalue weighted by atomic mass is 10.0. The van der Waals surface area contributed by atoms with Gasteiger partial charge in [0.1, 0.15) is 6.29 Å². The van der Waals surface area contributed by atoms with Crippen LogP contribution in [-0.2, 0) is 13.0 Å². The summed E-state index contributed by atoms with van der Waals surface area (Å²) in [5, 5.41) is 9.30. The van der Waals surface area contributed by atoms with Gasteiger partial charge in [0.05, 0.1) is 6.61 Å². The molecular formula is C20H18O2S. The van der Waals surface area contributed by atoms with Gasteiger partial charge in [0.15, 0.2) is 0 Å². The Hall–Kier alpha value is -2.23. The SMILES string of the molecule is Cc1ccc(CO)cc1Cc1ccc(-c2cccc(C=O)c2)s1. The second-order valence-electron chi connectivity index (χ2n) is 5.61. The molecule has 3 heteroatoms. The van der Waals surface area contributed by atoms with Gasteiger partial charge in [0.25, 0.3) is 0 Å². The number of thiophene rings is 1. The van der Waals surface area contributed by atoms with E-state index in [1.165, 1.54) is 20.9 Å². The Morgan fingerprint density at radius 1 is 1.09 bits per heavy atom. The number of aliphatic hydroxyl groups is 1. The number of hydrogen-bond acceptors (Lipinski definition) is 3. The Labute approximate surface area is 140 Å². The van der Waals surface area contributed by atoms with E-state index in [4.69, 9.17) is 0 Å². The predicted molar refractivity (Wildman–Crippen MR) is 95.1 cm³/mol. The number of carbonyl (C=O) groups excluding carboxylic acids is 1. The summed E-state index contributed by atoms with van der Waals surface area (Å²) in [7, 11) is 0. The molecule has 3 aromatic rings. The quantitative estimate of drug-likeness (QED) is 0.696. The van der Waals surface area contributed by atoms with Crippen LogP contribution in [0.15, 0.2) is 54.6 Å². The Kier molecular flexibility index (Phi) is 4.70. The molecule has 1 heterocycles. The number of rotatable bonds is 5. The van der Waals surface area contributed by atoms with Gasteiger partial charge in [-0.1, -0.05) is 36.4 Å². The van der Waals surface area contributed by atoms with Crippen LogP contribution in [0, 0.1) is 6.92 Å². The maximum absolute atomic E-state index is 10.9. The van der Waals surface area contributed by atoms with Gasteiger partial charge in [-0.3, -0.25) is 4.79 Å². The summed E-state index contributed by atoms with van der Waals surface area (Å²) in [5.41, 5.74) is 5.20. The molecule has 0 aliphatic rings. The summed E-state index contributed by atoms with van der Waals surface area (Å²) in [4.78, 5) is 13.4. The van der Waals surface area contributed by atoms with Crippen LogP contribution in [0.5, 0.6) is 0 Å². The third-order valence-corrected chi connectivity index (χ3v) is 5.06. The highest BCUT2D eigenvalue weighted by atomic mass is 32.1. The molecule has 0 spiro atoms. The van der Waals surface area contributed by atoms with Gasteiger partial charge in [-0.05, 0) is 47.4 Å². The first kappa shape index (κ1) is 15.7. The lowest BCUT2D eigenvalue weighted by molar-refractivity contribution is 0.112. The van der Waals surface area contributed by atoms with E-state index >= 15 is 0 Å². The molecule has 23 heavy (non-hydrogen) atoms. The van der Waals surface area contributed by atoms with Crippen LogP contribution in [0.1, 0.15) is 31.9 Å². The molecule has 1 aromatic heterocycles. The number of aldehydes is 1. The molecule has 0 atom stereocenters. The van der Waals surface area contributed by atoms with Crippen molar-refractivity contribution in [3.63, 3.8) is 0 Å². The van der Waals surface area contributed by atoms with Crippen molar-refractivity contribution < 1.29 is 9.90 Å². The third-order valence-electron chi connectivity index (χ3n) is 3.93. The van der Waals surface area contributed by atoms with Crippen molar-refractivity contribution in [2.45, 2.75) is 20.0 Å². The molecule has 0 saturated carbocycles. The van der Waals surface area contributed by atoms with Gasteiger partial charge in [-0.15, -0.1) is 11.3 Å². The molecule has 1 N–H and O–H groups in total. The highest BCUT2D eigenvalue weighted by Crippen LogP contribution is 2.30. The van der Waals surface area contributed by atoms with Crippen molar-refractivity contribution >= 4 is 17.6 Å². The summed E-state index contributed by atoms with van der Waals surface area (Å²) in [6.45, 7) is 2.17. The van der Waals surface area contributed by atoms with Gasteiger partial charge >= 0.3 is 0 Å². The highest BCUT2D eigenvalue weighted by Gasteiger charge is 2.07. The summed E-state index contributed by atoms with van der Waals surface area (Å²) in [6.07, 6.45) is 1.74. The van der Waals surface area contributed by atoms with Crippen molar-refractivity contribution in [3.05, 3.63) is 81.7 Å². The summed E-state index contributed by atoms with van der Waals surface area (Å²) >= 11 is 1.74. The van der Waals surface area contributed by atoms with Gasteiger partial charge < -0.3 is 5.11 Å². The molecule has 0 amide bonds. The average molecular weight is 322 g/mol. The Morgan fingerprint density at radius 2 is 1.96 bits per heavy atom. The van der Waals surface area contributed by atoms with E-state index in [1.54, 1.807) is 11.3 Å². The first-order chi connectivity index (χ1) is 11.2. The molecule has 0 radical (unpaired) electrons. The Morgan fingerprint density at radius 3 is 2.74 bits per heavy atom. The van der Waals surface area contributed by atoms with E-state index in [0.717, 1.165) is 23.8 Å². The maximum atomic E-state index is 10.9. The van der Waals surface area contributed by atoms with E-state index in [-0.39, 0.29) is 6.61 Å². The van der Waals surface area contributed by atoms with E-state index in [9.17, 15) is 9.90 Å². The fourth-order valence-corrected chi connectivity index (χ4v) is 3.62. The van der Waals surface area contributed by atoms with Crippen LogP contribution in [-0.4, -0.2) is 11.4 Å². The standard InChI is InChI=1S/C20H18O2S/c1-14-5-6-16(13-22)10-18(14)11-19-7-8-20(23-19)17-4-2-3-15(9-17)12-21/h2-10,12,22H,11,13H2,1H3. The molecule has 0 aliphatic heterocycles. The average Bonchev–Trinajstić information content (AvgIpc) is 3.05. The number of carbonyl (C=O) groups is 1. The van der Waals surface area contributed by atoms with E-state index < -0.39 is 0 Å². The first-order valence-corrected chi connectivity index (χ1v) is 8.35. The fourth-order valence-electron chi connectivity index (χ4n) is 2.59. The lowest BCUT2D eigenvalue weighted by Gasteiger charge is -2.06. The minimum atomic E-state index is 0.0709. The molecule has 116 valence electrons. The number of hydrogen-bond donors (Lipinski definition) is 1. The minimum absolute atomic E-state index is 0.0709. The minimum Gasteiger partial charge on any atom is -0.392 e. The molecule has 0 bridgehead atoms. The number of aryl methyl sites for hydroxylation is 1. The zero-order chi connectivity index (χ0) is 16.2. The van der Waals surface area contributed by atoms with Crippen molar-refractivity contribution in [3.8, 4) is 10.4 Å². The predicted octanol–water partition coefficient (Wildman–Crippen LogP) is 4.62. The van der Waals surface area contributed by atoms with Crippen molar-refractivity contribution in [2.24, 2.45) is 0 Å². The van der Waals surface area contributed by atoms with Crippen molar-refractivity contribution in [1.29, 1.82) is 0 Å². The molecule has 2 aromatic carbocycles. The highest BCUT2D eigenvalue weighted by molar-refractivity contribution is 7.15. The van der Waals surface area contributed by atoms with Gasteiger partial charge in [-0.25, -0.2) is 0 Å². The molecule has 0 unspecified atom stereocenters. The summed E-state index contributed by atoms with van der Waals surface area (Å²) in [6, 6.07) is 18.0. The zero-order valence-corrected chi connectivity index (χ0v) is 13.8. The smallest absolute Gasteiger partial charge is 0.150 e. The topological polar surface area (TPSA) is 37.3 Å². The molecular weight excluding hydrogens is 304 g/mol. The molecule has 0 aliphatic carbocycles. The second-order valence-corrected chi connectivity index (χ2v) is 6.77. The lowest BCUT2D eigenvalue weighted by Crippen LogP contribution is -1.92. The van der Waals surface area contributed by atoms with Crippen LogP contribution in [0.25, 0.3) is 10.4 Å². The molecule has 0 saturated heterocycles. The van der Waals surface area contributed by atoms with Gasteiger partial charge in [0, 0.05) is 21.7 Å². The van der Waals surface area contributed by atoms with E-state index in [2.05, 4.69) is 31.2 Å². The summed E-state index contributed by atoms with van der Waals surface area (Å²) < 4.78 is 0. The maximum Gasteiger partial charge on any atom is 0.150 e. The third kappa shape index (κ3) is 3.58. The molecule has 2 nitrogen and oxygen atoms in total. The number of aliphatic hydroxyl groups excluding tert-OH is 1. The van der Waals surface area contributed by atoms with Gasteiger partial charge in [0.2, 0.25) is 0 Å². The fraction of sp³-hybridized carbons (Fsp3) is 0.150. The van der Waals surface area contributed by atoms with Crippen molar-refractivity contribution in [1.82, 2.24) is 0 Å². The largest absolute Gasteiger partial charge is 0.392 e. The Balaban J connectivity index is 1.86. The molecule has 0 fully saturated rings. The van der Waals surface area contributed by atoms with Gasteiger partial charge in [-0.2, -0.15) is 0 Å². The van der Waals surface area contributed by atoms with Crippen LogP contribution in [0.4, 0.5) is 0 Å². The normalized spacial score (nSPS) is 10.7. The van der Waals surface area contributed by atoms with E-state index in [1.807, 2.05) is 30.3 Å². The van der Waals surface area contributed by atoms with Crippen LogP contribution in [0.2, 0.25) is 0 Å². The van der Waals surface area contributed by atoms with Crippen LogP contribution < -0.4 is 0 Å². The first-order valence-electron chi connectivity index (χ1n) is 7.53. The summed E-state index contributed by atoms with van der Waals surface area (Å²) in [5.74, 6) is 0. The van der Waals surface area contributed by atoms with Crippen LogP contribution in [0.3, 0.4) is 0 Å². The van der Waals surface area contributed by atoms with Crippen molar-refractivity contribution in [2.75, 3.05) is 0 Å².